The topological polar surface area (TPSA) is 40.5 Å². The van der Waals surface area contributed by atoms with Gasteiger partial charge in [0.15, 0.2) is 0 Å². The van der Waals surface area contributed by atoms with E-state index in [0.29, 0.717) is 0 Å². The van der Waals surface area contributed by atoms with E-state index in [1.165, 1.54) is 0 Å². The number of halogens is 6. The van der Waals surface area contributed by atoms with E-state index in [0.717, 1.165) is 0 Å². The first-order valence-electron chi connectivity index (χ1n) is 3.12. The average Bonchev–Trinajstić information content (AvgIpc) is 1.78. The third kappa shape index (κ3) is 6.38. The molecular formula is C5H5F6NO2. The summed E-state index contributed by atoms with van der Waals surface area (Å²) >= 11 is 0. The Balaban J connectivity index is 4.40. The van der Waals surface area contributed by atoms with E-state index in [-0.39, 0.29) is 0 Å². The summed E-state index contributed by atoms with van der Waals surface area (Å²) in [4.78, 5) is 9.23. The molecule has 0 aromatic carbocycles. The minimum absolute atomic E-state index is 0.750. The number of carbonyl (C=O) groups is 1. The van der Waals surface area contributed by atoms with Crippen LogP contribution in [0.4, 0.5) is 31.1 Å². The predicted molar refractivity (Wildman–Crippen MR) is 31.7 cm³/mol. The Bertz CT molecular complexity index is 193. The molecule has 0 heterocycles. The third-order valence-electron chi connectivity index (χ3n) is 1.01. The van der Waals surface area contributed by atoms with Crippen molar-refractivity contribution in [3.63, 3.8) is 0 Å². The molecule has 1 N–H and O–H groups in total. The molecule has 0 unspecified atom stereocenters. The summed E-state index contributed by atoms with van der Waals surface area (Å²) in [7, 11) is 0. The number of alkyl halides is 6. The highest BCUT2D eigenvalue weighted by Crippen LogP contribution is 2.21. The Kier molecular flexibility index (Phi) is 3.60. The molecule has 1 amide bonds. The van der Waals surface area contributed by atoms with Crippen LogP contribution in [0.15, 0.2) is 0 Å². The zero-order chi connectivity index (χ0) is 11.6. The van der Waals surface area contributed by atoms with Crippen molar-refractivity contribution >= 4 is 6.09 Å². The van der Waals surface area contributed by atoms with Crippen LogP contribution in [-0.2, 0) is 0 Å². The smallest absolute Gasteiger partial charge is 0.407 e. The van der Waals surface area contributed by atoms with Crippen LogP contribution >= 0.6 is 0 Å². The Labute approximate surface area is 73.9 Å². The van der Waals surface area contributed by atoms with Crippen molar-refractivity contribution in [3.8, 4) is 0 Å². The van der Waals surface area contributed by atoms with Gasteiger partial charge in [-0.25, -0.2) is 4.79 Å². The minimum Gasteiger partial charge on any atom is -0.465 e. The molecule has 3 nitrogen and oxygen atoms in total. The molecule has 14 heavy (non-hydrogen) atoms. The van der Waals surface area contributed by atoms with E-state index in [1.54, 1.807) is 0 Å². The number of carboxylic acid groups (broad SMARTS) is 1. The highest BCUT2D eigenvalue weighted by Gasteiger charge is 2.39. The Morgan fingerprint density at radius 2 is 1.29 bits per heavy atom. The number of amides is 1. The van der Waals surface area contributed by atoms with Crippen LogP contribution in [0.2, 0.25) is 0 Å². The van der Waals surface area contributed by atoms with Crippen LogP contribution in [0.3, 0.4) is 0 Å². The highest BCUT2D eigenvalue weighted by atomic mass is 19.4. The molecule has 0 aliphatic carbocycles. The van der Waals surface area contributed by atoms with Crippen molar-refractivity contribution in [2.24, 2.45) is 0 Å². The van der Waals surface area contributed by atoms with Crippen molar-refractivity contribution in [1.29, 1.82) is 0 Å². The second-order valence-electron chi connectivity index (χ2n) is 2.37. The summed E-state index contributed by atoms with van der Waals surface area (Å²) in [6, 6.07) is 0. The van der Waals surface area contributed by atoms with Gasteiger partial charge in [-0.3, -0.25) is 4.90 Å². The maximum atomic E-state index is 11.6. The molecule has 0 bridgehead atoms. The zero-order valence-electron chi connectivity index (χ0n) is 6.48. The maximum Gasteiger partial charge on any atom is 0.407 e. The molecule has 0 radical (unpaired) electrons. The lowest BCUT2D eigenvalue weighted by Crippen LogP contribution is -2.43. The van der Waals surface area contributed by atoms with Gasteiger partial charge in [0.2, 0.25) is 0 Å². The van der Waals surface area contributed by atoms with Gasteiger partial charge in [0.1, 0.15) is 13.1 Å². The summed E-state index contributed by atoms with van der Waals surface area (Å²) in [5, 5.41) is 8.03. The fourth-order valence-electron chi connectivity index (χ4n) is 0.624. The fraction of sp³-hybridized carbons (Fsp3) is 0.800. The Hall–Kier alpha value is -1.15. The molecule has 0 aromatic heterocycles. The molecule has 0 atom stereocenters. The van der Waals surface area contributed by atoms with Crippen molar-refractivity contribution in [2.75, 3.05) is 13.1 Å². The normalized spacial score (nSPS) is 12.7. The molecular weight excluding hydrogens is 220 g/mol. The van der Waals surface area contributed by atoms with Crippen molar-refractivity contribution < 1.29 is 36.2 Å². The van der Waals surface area contributed by atoms with E-state index < -0.39 is 36.4 Å². The van der Waals surface area contributed by atoms with Crippen LogP contribution < -0.4 is 0 Å². The predicted octanol–water partition coefficient (Wildman–Crippen LogP) is 2.09. The van der Waals surface area contributed by atoms with Gasteiger partial charge in [-0.15, -0.1) is 0 Å². The summed E-state index contributed by atoms with van der Waals surface area (Å²) in [6.07, 6.45) is -12.2. The quantitative estimate of drug-likeness (QED) is 0.731. The maximum absolute atomic E-state index is 11.6. The van der Waals surface area contributed by atoms with Gasteiger partial charge in [-0.2, -0.15) is 26.3 Å². The van der Waals surface area contributed by atoms with Gasteiger partial charge >= 0.3 is 18.4 Å². The first-order chi connectivity index (χ1) is 6.01. The van der Waals surface area contributed by atoms with Crippen molar-refractivity contribution in [3.05, 3.63) is 0 Å². The number of rotatable bonds is 2. The molecule has 0 aliphatic rings. The largest absolute Gasteiger partial charge is 0.465 e. The number of nitrogens with zero attached hydrogens (tertiary/aromatic N) is 1. The van der Waals surface area contributed by atoms with E-state index in [1.807, 2.05) is 0 Å². The molecule has 9 heteroatoms. The summed E-state index contributed by atoms with van der Waals surface area (Å²) in [5.41, 5.74) is 0. The second kappa shape index (κ2) is 3.93. The Morgan fingerprint density at radius 1 is 1.00 bits per heavy atom. The van der Waals surface area contributed by atoms with Gasteiger partial charge < -0.3 is 5.11 Å². The van der Waals surface area contributed by atoms with Gasteiger partial charge in [0, 0.05) is 0 Å². The lowest BCUT2D eigenvalue weighted by molar-refractivity contribution is -0.173. The van der Waals surface area contributed by atoms with Crippen LogP contribution in [0, 0.1) is 0 Å². The highest BCUT2D eigenvalue weighted by molar-refractivity contribution is 5.65. The Morgan fingerprint density at radius 3 is 1.43 bits per heavy atom. The first kappa shape index (κ1) is 12.8. The van der Waals surface area contributed by atoms with Crippen LogP contribution in [-0.4, -0.2) is 41.5 Å². The summed E-state index contributed by atoms with van der Waals surface area (Å²) < 4.78 is 69.4. The van der Waals surface area contributed by atoms with E-state index in [4.69, 9.17) is 5.11 Å². The fourth-order valence-corrected chi connectivity index (χ4v) is 0.624. The zero-order valence-corrected chi connectivity index (χ0v) is 6.48. The monoisotopic (exact) mass is 225 g/mol. The van der Waals surface area contributed by atoms with Gasteiger partial charge in [-0.1, -0.05) is 0 Å². The molecule has 0 fully saturated rings. The number of hydrogen-bond donors (Lipinski definition) is 1. The summed E-state index contributed by atoms with van der Waals surface area (Å²) in [6.45, 7) is -4.27. The average molecular weight is 225 g/mol. The van der Waals surface area contributed by atoms with E-state index in [9.17, 15) is 31.1 Å². The molecule has 0 rings (SSSR count). The molecule has 0 aliphatic heterocycles. The molecule has 84 valence electrons. The molecule has 0 saturated heterocycles. The third-order valence-corrected chi connectivity index (χ3v) is 1.01. The molecule has 0 aromatic rings. The van der Waals surface area contributed by atoms with E-state index in [2.05, 4.69) is 0 Å². The van der Waals surface area contributed by atoms with Gasteiger partial charge in [0.25, 0.3) is 0 Å². The second-order valence-corrected chi connectivity index (χ2v) is 2.37. The van der Waals surface area contributed by atoms with Crippen LogP contribution in [0.5, 0.6) is 0 Å². The lowest BCUT2D eigenvalue weighted by atomic mass is 10.5. The van der Waals surface area contributed by atoms with Crippen molar-refractivity contribution in [1.82, 2.24) is 4.90 Å². The number of hydrogen-bond acceptors (Lipinski definition) is 1. The lowest BCUT2D eigenvalue weighted by Gasteiger charge is -2.21. The van der Waals surface area contributed by atoms with E-state index >= 15 is 0 Å². The van der Waals surface area contributed by atoms with Gasteiger partial charge in [-0.05, 0) is 0 Å². The van der Waals surface area contributed by atoms with Crippen LogP contribution in [0.1, 0.15) is 0 Å². The molecule has 0 spiro atoms. The van der Waals surface area contributed by atoms with Gasteiger partial charge in [0.05, 0.1) is 0 Å². The standard InChI is InChI=1S/C5H5F6NO2/c6-4(7,8)1-12(3(13)14)2-5(9,10)11/h1-2H2,(H,13,14). The molecule has 0 saturated carbocycles. The minimum atomic E-state index is -4.98. The SMILES string of the molecule is O=C(O)N(CC(F)(F)F)CC(F)(F)F. The first-order valence-corrected chi connectivity index (χ1v) is 3.12. The van der Waals surface area contributed by atoms with Crippen molar-refractivity contribution in [2.45, 2.75) is 12.4 Å². The van der Waals surface area contributed by atoms with Crippen LogP contribution in [0.25, 0.3) is 0 Å². The summed E-state index contributed by atoms with van der Waals surface area (Å²) in [5.74, 6) is 0.